The number of aliphatic hydroxyl groups is 1. The van der Waals surface area contributed by atoms with Gasteiger partial charge in [0.2, 0.25) is 0 Å². The standard InChI is InChI=1S/C13H16N2O5/c1-13(18)5-2-6-14(8-13)10-4-3-9(12(16)17)7-11(10)15(19)20/h3-4,7,18H,2,5-6,8H2,1H3,(H,16,17). The van der Waals surface area contributed by atoms with Crippen molar-refractivity contribution in [3.63, 3.8) is 0 Å². The van der Waals surface area contributed by atoms with Gasteiger partial charge in [-0.2, -0.15) is 0 Å². The zero-order valence-electron chi connectivity index (χ0n) is 11.1. The van der Waals surface area contributed by atoms with Crippen LogP contribution in [0.1, 0.15) is 30.1 Å². The molecule has 1 fully saturated rings. The van der Waals surface area contributed by atoms with E-state index >= 15 is 0 Å². The molecule has 0 aliphatic carbocycles. The lowest BCUT2D eigenvalue weighted by molar-refractivity contribution is -0.384. The van der Waals surface area contributed by atoms with Gasteiger partial charge in [-0.1, -0.05) is 0 Å². The number of anilines is 1. The number of carbonyl (C=O) groups is 1. The molecule has 1 aliphatic rings. The van der Waals surface area contributed by atoms with Crippen LogP contribution in [0.3, 0.4) is 0 Å². The first-order valence-electron chi connectivity index (χ1n) is 6.29. The van der Waals surface area contributed by atoms with Crippen LogP contribution >= 0.6 is 0 Å². The minimum Gasteiger partial charge on any atom is -0.478 e. The summed E-state index contributed by atoms with van der Waals surface area (Å²) in [4.78, 5) is 23.2. The summed E-state index contributed by atoms with van der Waals surface area (Å²) in [6.45, 7) is 2.58. The van der Waals surface area contributed by atoms with Crippen LogP contribution in [0.5, 0.6) is 0 Å². The van der Waals surface area contributed by atoms with Gasteiger partial charge in [-0.05, 0) is 31.9 Å². The third kappa shape index (κ3) is 2.88. The van der Waals surface area contributed by atoms with Gasteiger partial charge >= 0.3 is 5.97 Å². The number of nitro groups is 1. The van der Waals surface area contributed by atoms with Crippen molar-refractivity contribution in [1.29, 1.82) is 0 Å². The second kappa shape index (κ2) is 5.09. The van der Waals surface area contributed by atoms with Crippen LogP contribution in [0.4, 0.5) is 11.4 Å². The van der Waals surface area contributed by atoms with Crippen molar-refractivity contribution in [2.24, 2.45) is 0 Å². The maximum absolute atomic E-state index is 11.1. The molecule has 108 valence electrons. The van der Waals surface area contributed by atoms with E-state index < -0.39 is 16.5 Å². The van der Waals surface area contributed by atoms with Crippen molar-refractivity contribution in [3.8, 4) is 0 Å². The molecule has 2 rings (SSSR count). The summed E-state index contributed by atoms with van der Waals surface area (Å²) < 4.78 is 0. The number of aromatic carboxylic acids is 1. The lowest BCUT2D eigenvalue weighted by atomic mass is 9.94. The number of carboxylic acid groups (broad SMARTS) is 1. The molecule has 1 heterocycles. The summed E-state index contributed by atoms with van der Waals surface area (Å²) in [6.07, 6.45) is 1.37. The van der Waals surface area contributed by atoms with Gasteiger partial charge in [-0.15, -0.1) is 0 Å². The van der Waals surface area contributed by atoms with Gasteiger partial charge in [0.15, 0.2) is 0 Å². The number of hydrogen-bond acceptors (Lipinski definition) is 5. The maximum Gasteiger partial charge on any atom is 0.335 e. The van der Waals surface area contributed by atoms with Crippen LogP contribution in [0.2, 0.25) is 0 Å². The van der Waals surface area contributed by atoms with E-state index in [0.717, 1.165) is 12.5 Å². The monoisotopic (exact) mass is 280 g/mol. The van der Waals surface area contributed by atoms with E-state index in [4.69, 9.17) is 5.11 Å². The van der Waals surface area contributed by atoms with Crippen molar-refractivity contribution in [3.05, 3.63) is 33.9 Å². The van der Waals surface area contributed by atoms with Crippen LogP contribution in [0, 0.1) is 10.1 Å². The second-order valence-corrected chi connectivity index (χ2v) is 5.29. The zero-order valence-corrected chi connectivity index (χ0v) is 11.1. The molecule has 7 nitrogen and oxygen atoms in total. The van der Waals surface area contributed by atoms with E-state index in [1.807, 2.05) is 0 Å². The molecule has 1 unspecified atom stereocenters. The van der Waals surface area contributed by atoms with Crippen molar-refractivity contribution < 1.29 is 19.9 Å². The minimum atomic E-state index is -1.20. The Balaban J connectivity index is 2.40. The van der Waals surface area contributed by atoms with E-state index in [1.54, 1.807) is 11.8 Å². The van der Waals surface area contributed by atoms with Crippen LogP contribution in [0.15, 0.2) is 18.2 Å². The van der Waals surface area contributed by atoms with Gasteiger partial charge in [0.05, 0.1) is 16.1 Å². The van der Waals surface area contributed by atoms with Gasteiger partial charge < -0.3 is 15.1 Å². The molecule has 1 saturated heterocycles. The fourth-order valence-electron chi connectivity index (χ4n) is 2.50. The number of benzene rings is 1. The molecule has 1 atom stereocenters. The first kappa shape index (κ1) is 14.3. The molecule has 0 aromatic heterocycles. The SMILES string of the molecule is CC1(O)CCCN(c2ccc(C(=O)O)cc2[N+](=O)[O-])C1. The smallest absolute Gasteiger partial charge is 0.335 e. The molecule has 0 bridgehead atoms. The third-order valence-electron chi connectivity index (χ3n) is 3.43. The zero-order chi connectivity index (χ0) is 14.9. The molecule has 1 aliphatic heterocycles. The first-order valence-corrected chi connectivity index (χ1v) is 6.29. The Morgan fingerprint density at radius 1 is 1.50 bits per heavy atom. The molecule has 20 heavy (non-hydrogen) atoms. The Bertz CT molecular complexity index is 556. The van der Waals surface area contributed by atoms with Crippen LogP contribution in [-0.4, -0.2) is 39.8 Å². The molecular weight excluding hydrogens is 264 g/mol. The molecule has 0 amide bonds. The topological polar surface area (TPSA) is 104 Å². The first-order chi connectivity index (χ1) is 9.30. The van der Waals surface area contributed by atoms with Crippen LogP contribution < -0.4 is 4.90 Å². The van der Waals surface area contributed by atoms with Gasteiger partial charge in [0.1, 0.15) is 5.69 Å². The highest BCUT2D eigenvalue weighted by molar-refractivity contribution is 5.89. The highest BCUT2D eigenvalue weighted by Crippen LogP contribution is 2.33. The molecule has 7 heteroatoms. The van der Waals surface area contributed by atoms with Crippen molar-refractivity contribution in [1.82, 2.24) is 0 Å². The molecule has 0 saturated carbocycles. The number of β-amino-alcohol motifs (C(OH)–C–C–N with tert-alkyl or cyclic N) is 1. The minimum absolute atomic E-state index is 0.121. The summed E-state index contributed by atoms with van der Waals surface area (Å²) >= 11 is 0. The highest BCUT2D eigenvalue weighted by Gasteiger charge is 2.31. The van der Waals surface area contributed by atoms with E-state index in [9.17, 15) is 20.0 Å². The van der Waals surface area contributed by atoms with Gasteiger partial charge in [-0.3, -0.25) is 10.1 Å². The Hall–Kier alpha value is -2.15. The largest absolute Gasteiger partial charge is 0.478 e. The molecule has 1 aromatic rings. The predicted octanol–water partition coefficient (Wildman–Crippen LogP) is 1.64. The van der Waals surface area contributed by atoms with Crippen LogP contribution in [0.25, 0.3) is 0 Å². The van der Waals surface area contributed by atoms with Gasteiger partial charge in [-0.25, -0.2) is 4.79 Å². The summed E-state index contributed by atoms with van der Waals surface area (Å²) in [5.74, 6) is -1.20. The summed E-state index contributed by atoms with van der Waals surface area (Å²) in [6, 6.07) is 3.83. The Morgan fingerprint density at radius 3 is 2.75 bits per heavy atom. The fraction of sp³-hybridized carbons (Fsp3) is 0.462. The average molecular weight is 280 g/mol. The molecule has 0 radical (unpaired) electrons. The Labute approximate surface area is 115 Å². The van der Waals surface area contributed by atoms with Crippen molar-refractivity contribution in [2.45, 2.75) is 25.4 Å². The number of nitrogens with zero attached hydrogens (tertiary/aromatic N) is 2. The molecule has 2 N–H and O–H groups in total. The molecule has 0 spiro atoms. The van der Waals surface area contributed by atoms with E-state index in [0.29, 0.717) is 25.2 Å². The molecular formula is C13H16N2O5. The lowest BCUT2D eigenvalue weighted by Gasteiger charge is -2.37. The van der Waals surface area contributed by atoms with Gasteiger partial charge in [0.25, 0.3) is 5.69 Å². The number of nitro benzene ring substituents is 1. The Morgan fingerprint density at radius 2 is 2.20 bits per heavy atom. The Kier molecular flexibility index (Phi) is 3.63. The van der Waals surface area contributed by atoms with Crippen LogP contribution in [-0.2, 0) is 0 Å². The number of piperidine rings is 1. The van der Waals surface area contributed by atoms with E-state index in [1.165, 1.54) is 12.1 Å². The summed E-state index contributed by atoms with van der Waals surface area (Å²) in [5.41, 5.74) is -0.913. The quantitative estimate of drug-likeness (QED) is 0.644. The lowest BCUT2D eigenvalue weighted by Crippen LogP contribution is -2.46. The highest BCUT2D eigenvalue weighted by atomic mass is 16.6. The maximum atomic E-state index is 11.1. The number of rotatable bonds is 3. The summed E-state index contributed by atoms with van der Waals surface area (Å²) in [5, 5.41) is 30.1. The number of hydrogen-bond donors (Lipinski definition) is 2. The fourth-order valence-corrected chi connectivity index (χ4v) is 2.50. The average Bonchev–Trinajstić information content (AvgIpc) is 2.36. The van der Waals surface area contributed by atoms with E-state index in [-0.39, 0.29) is 11.3 Å². The summed E-state index contributed by atoms with van der Waals surface area (Å²) in [7, 11) is 0. The molecule has 1 aromatic carbocycles. The number of carboxylic acids is 1. The van der Waals surface area contributed by atoms with Crippen molar-refractivity contribution in [2.75, 3.05) is 18.0 Å². The van der Waals surface area contributed by atoms with Gasteiger partial charge in [0, 0.05) is 19.2 Å². The third-order valence-corrected chi connectivity index (χ3v) is 3.43. The van der Waals surface area contributed by atoms with E-state index in [2.05, 4.69) is 0 Å². The normalized spacial score (nSPS) is 22.6. The van der Waals surface area contributed by atoms with Crippen molar-refractivity contribution >= 4 is 17.3 Å². The predicted molar refractivity (Wildman–Crippen MR) is 72.1 cm³/mol. The second-order valence-electron chi connectivity index (χ2n) is 5.29.